The van der Waals surface area contributed by atoms with Crippen LogP contribution in [-0.4, -0.2) is 60.8 Å². The molecule has 0 aliphatic carbocycles. The number of nitrogens with zero attached hydrogens (tertiary/aromatic N) is 2. The van der Waals surface area contributed by atoms with Crippen LogP contribution in [0.3, 0.4) is 0 Å². The summed E-state index contributed by atoms with van der Waals surface area (Å²) in [5, 5.41) is 3.04. The summed E-state index contributed by atoms with van der Waals surface area (Å²) >= 11 is 0. The molecular weight excluding hydrogens is 314 g/mol. The third kappa shape index (κ3) is 5.44. The van der Waals surface area contributed by atoms with Gasteiger partial charge in [0, 0.05) is 39.3 Å². The number of amides is 2. The number of carbonyl (C=O) groups is 1. The summed E-state index contributed by atoms with van der Waals surface area (Å²) in [6.45, 7) is 9.83. The lowest BCUT2D eigenvalue weighted by Gasteiger charge is -2.39. The average Bonchev–Trinajstić information content (AvgIpc) is 2.60. The minimum Gasteiger partial charge on any atom is -0.373 e. The Morgan fingerprint density at radius 2 is 1.76 bits per heavy atom. The second-order valence-corrected chi connectivity index (χ2v) is 7.55. The molecule has 5 nitrogen and oxygen atoms in total. The first-order valence-electron chi connectivity index (χ1n) is 9.54. The van der Waals surface area contributed by atoms with E-state index in [4.69, 9.17) is 4.74 Å². The van der Waals surface area contributed by atoms with Crippen molar-refractivity contribution in [3.63, 3.8) is 0 Å². The number of morpholine rings is 1. The van der Waals surface area contributed by atoms with Gasteiger partial charge in [0.25, 0.3) is 0 Å². The van der Waals surface area contributed by atoms with E-state index in [2.05, 4.69) is 24.1 Å². The number of piperidine rings is 1. The summed E-state index contributed by atoms with van der Waals surface area (Å²) in [5.41, 5.74) is 1.14. The van der Waals surface area contributed by atoms with E-state index in [1.54, 1.807) is 0 Å². The number of nitrogens with one attached hydrogen (secondary N) is 1. The standard InChI is InChI=1S/C20H31N3O2/c1-16-13-22(14-17(2)25-16)15-19-8-10-23(11-9-19)20(24)21-12-18-6-4-3-5-7-18/h3-7,16-17,19H,8-15H2,1-2H3,(H,21,24)/t16-,17-/m1/s1. The van der Waals surface area contributed by atoms with Crippen molar-refractivity contribution in [1.82, 2.24) is 15.1 Å². The van der Waals surface area contributed by atoms with E-state index >= 15 is 0 Å². The number of hydrogen-bond donors (Lipinski definition) is 1. The van der Waals surface area contributed by atoms with Gasteiger partial charge >= 0.3 is 6.03 Å². The number of likely N-dealkylation sites (tertiary alicyclic amines) is 1. The van der Waals surface area contributed by atoms with Crippen molar-refractivity contribution in [2.45, 2.75) is 45.4 Å². The first-order chi connectivity index (χ1) is 12.1. The summed E-state index contributed by atoms with van der Waals surface area (Å²) < 4.78 is 5.81. The van der Waals surface area contributed by atoms with Crippen molar-refractivity contribution in [2.24, 2.45) is 5.92 Å². The van der Waals surface area contributed by atoms with Gasteiger partial charge in [-0.2, -0.15) is 0 Å². The van der Waals surface area contributed by atoms with Gasteiger partial charge in [0.1, 0.15) is 0 Å². The zero-order valence-corrected chi connectivity index (χ0v) is 15.5. The molecule has 1 aromatic rings. The van der Waals surface area contributed by atoms with Gasteiger partial charge in [-0.25, -0.2) is 4.79 Å². The molecule has 2 aliphatic rings. The first kappa shape index (κ1) is 18.2. The fourth-order valence-corrected chi connectivity index (χ4v) is 4.00. The van der Waals surface area contributed by atoms with E-state index in [0.717, 1.165) is 51.1 Å². The van der Waals surface area contributed by atoms with Crippen LogP contribution in [-0.2, 0) is 11.3 Å². The summed E-state index contributed by atoms with van der Waals surface area (Å²) in [7, 11) is 0. The molecule has 0 radical (unpaired) electrons. The predicted molar refractivity (Wildman–Crippen MR) is 99.4 cm³/mol. The SMILES string of the molecule is C[C@@H]1CN(CC2CCN(C(=O)NCc3ccccc3)CC2)C[C@@H](C)O1. The van der Waals surface area contributed by atoms with Crippen LogP contribution in [0.2, 0.25) is 0 Å². The zero-order valence-electron chi connectivity index (χ0n) is 15.5. The van der Waals surface area contributed by atoms with Gasteiger partial charge in [-0.05, 0) is 38.2 Å². The maximum atomic E-state index is 12.3. The molecule has 2 atom stereocenters. The summed E-state index contributed by atoms with van der Waals surface area (Å²) in [6.07, 6.45) is 2.85. The maximum Gasteiger partial charge on any atom is 0.317 e. The molecule has 0 saturated carbocycles. The first-order valence-corrected chi connectivity index (χ1v) is 9.54. The quantitative estimate of drug-likeness (QED) is 0.913. The highest BCUT2D eigenvalue weighted by atomic mass is 16.5. The van der Waals surface area contributed by atoms with Gasteiger partial charge in [0.15, 0.2) is 0 Å². The predicted octanol–water partition coefficient (Wildman–Crippen LogP) is 2.72. The molecule has 3 rings (SSSR count). The number of hydrogen-bond acceptors (Lipinski definition) is 3. The molecule has 25 heavy (non-hydrogen) atoms. The largest absolute Gasteiger partial charge is 0.373 e. The van der Waals surface area contributed by atoms with Gasteiger partial charge in [-0.3, -0.25) is 4.90 Å². The maximum absolute atomic E-state index is 12.3. The molecule has 0 aromatic heterocycles. The smallest absolute Gasteiger partial charge is 0.317 e. The monoisotopic (exact) mass is 345 g/mol. The molecule has 2 saturated heterocycles. The lowest BCUT2D eigenvalue weighted by molar-refractivity contribution is -0.0728. The van der Waals surface area contributed by atoms with Crippen LogP contribution in [0.5, 0.6) is 0 Å². The molecule has 0 spiro atoms. The fraction of sp³-hybridized carbons (Fsp3) is 0.650. The van der Waals surface area contributed by atoms with E-state index in [0.29, 0.717) is 24.7 Å². The molecule has 2 heterocycles. The number of benzene rings is 1. The summed E-state index contributed by atoms with van der Waals surface area (Å²) in [6, 6.07) is 10.1. The molecule has 0 unspecified atom stereocenters. The highest BCUT2D eigenvalue weighted by molar-refractivity contribution is 5.74. The van der Waals surface area contributed by atoms with Crippen molar-refractivity contribution in [3.05, 3.63) is 35.9 Å². The van der Waals surface area contributed by atoms with Crippen molar-refractivity contribution in [2.75, 3.05) is 32.7 Å². The normalized spacial score (nSPS) is 25.8. The molecule has 1 aromatic carbocycles. The summed E-state index contributed by atoms with van der Waals surface area (Å²) in [5.74, 6) is 0.690. The van der Waals surface area contributed by atoms with E-state index < -0.39 is 0 Å². The topological polar surface area (TPSA) is 44.8 Å². The van der Waals surface area contributed by atoms with Gasteiger partial charge < -0.3 is 15.0 Å². The van der Waals surface area contributed by atoms with Crippen molar-refractivity contribution in [3.8, 4) is 0 Å². The average molecular weight is 345 g/mol. The third-order valence-electron chi connectivity index (χ3n) is 5.20. The van der Waals surface area contributed by atoms with Crippen LogP contribution in [0.1, 0.15) is 32.3 Å². The van der Waals surface area contributed by atoms with Crippen LogP contribution >= 0.6 is 0 Å². The molecule has 2 aliphatic heterocycles. The minimum atomic E-state index is 0.0657. The molecule has 5 heteroatoms. The van der Waals surface area contributed by atoms with Crippen LogP contribution in [0.25, 0.3) is 0 Å². The van der Waals surface area contributed by atoms with Gasteiger partial charge in [-0.1, -0.05) is 30.3 Å². The Balaban J connectivity index is 1.38. The molecular formula is C20H31N3O2. The Kier molecular flexibility index (Phi) is 6.32. The number of rotatable bonds is 4. The zero-order chi connectivity index (χ0) is 17.6. The Labute approximate surface area is 151 Å². The highest BCUT2D eigenvalue weighted by Crippen LogP contribution is 2.21. The lowest BCUT2D eigenvalue weighted by Crippen LogP contribution is -2.49. The van der Waals surface area contributed by atoms with E-state index in [1.807, 2.05) is 35.2 Å². The van der Waals surface area contributed by atoms with Gasteiger partial charge in [-0.15, -0.1) is 0 Å². The second kappa shape index (κ2) is 8.68. The van der Waals surface area contributed by atoms with Gasteiger partial charge in [0.05, 0.1) is 12.2 Å². The third-order valence-corrected chi connectivity index (χ3v) is 5.20. The Morgan fingerprint density at radius 3 is 2.40 bits per heavy atom. The second-order valence-electron chi connectivity index (χ2n) is 7.55. The number of ether oxygens (including phenoxy) is 1. The highest BCUT2D eigenvalue weighted by Gasteiger charge is 2.27. The number of urea groups is 1. The van der Waals surface area contributed by atoms with Crippen molar-refractivity contribution >= 4 is 6.03 Å². The van der Waals surface area contributed by atoms with Gasteiger partial charge in [0.2, 0.25) is 0 Å². The van der Waals surface area contributed by atoms with Crippen LogP contribution in [0, 0.1) is 5.92 Å². The fourth-order valence-electron chi connectivity index (χ4n) is 4.00. The van der Waals surface area contributed by atoms with Crippen molar-refractivity contribution in [1.29, 1.82) is 0 Å². The van der Waals surface area contributed by atoms with E-state index in [1.165, 1.54) is 0 Å². The Morgan fingerprint density at radius 1 is 1.12 bits per heavy atom. The Bertz CT molecular complexity index is 533. The molecule has 1 N–H and O–H groups in total. The van der Waals surface area contributed by atoms with Crippen LogP contribution in [0.15, 0.2) is 30.3 Å². The molecule has 2 amide bonds. The molecule has 0 bridgehead atoms. The number of carbonyl (C=O) groups excluding carboxylic acids is 1. The van der Waals surface area contributed by atoms with Crippen molar-refractivity contribution < 1.29 is 9.53 Å². The summed E-state index contributed by atoms with van der Waals surface area (Å²) in [4.78, 5) is 16.8. The molecule has 138 valence electrons. The Hall–Kier alpha value is -1.59. The van der Waals surface area contributed by atoms with Crippen LogP contribution < -0.4 is 5.32 Å². The van der Waals surface area contributed by atoms with E-state index in [-0.39, 0.29) is 6.03 Å². The van der Waals surface area contributed by atoms with Crippen LogP contribution in [0.4, 0.5) is 4.79 Å². The lowest BCUT2D eigenvalue weighted by atomic mass is 9.96. The molecule has 2 fully saturated rings. The minimum absolute atomic E-state index is 0.0657. The van der Waals surface area contributed by atoms with E-state index in [9.17, 15) is 4.79 Å².